The fourth-order valence-electron chi connectivity index (χ4n) is 2.97. The van der Waals surface area contributed by atoms with Crippen LogP contribution in [0.2, 0.25) is 0 Å². The highest BCUT2D eigenvalue weighted by Gasteiger charge is 2.41. The van der Waals surface area contributed by atoms with Gasteiger partial charge in [0.15, 0.2) is 0 Å². The molecule has 0 aromatic heterocycles. The molecule has 1 saturated heterocycles. The van der Waals surface area contributed by atoms with E-state index in [9.17, 15) is 4.79 Å². The third-order valence-corrected chi connectivity index (χ3v) is 3.96. The Morgan fingerprint density at radius 1 is 1.19 bits per heavy atom. The molecule has 0 N–H and O–H groups in total. The van der Waals surface area contributed by atoms with E-state index < -0.39 is 0 Å². The molecule has 16 heavy (non-hydrogen) atoms. The molecule has 2 aliphatic rings. The maximum absolute atomic E-state index is 11.9. The van der Waals surface area contributed by atoms with Gasteiger partial charge in [-0.1, -0.05) is 6.92 Å². The second-order valence-electron chi connectivity index (χ2n) is 6.34. The Bertz CT molecular complexity index is 268. The lowest BCUT2D eigenvalue weighted by molar-refractivity contribution is 0.00940. The normalized spacial score (nSPS) is 34.0. The molecule has 1 amide bonds. The molecule has 1 unspecified atom stereocenters. The molecular formula is C13H23NO2. The highest BCUT2D eigenvalue weighted by atomic mass is 16.6. The fraction of sp³-hybridized carbons (Fsp3) is 0.923. The van der Waals surface area contributed by atoms with Crippen molar-refractivity contribution in [2.45, 2.75) is 46.1 Å². The molecule has 3 heteroatoms. The van der Waals surface area contributed by atoms with Crippen molar-refractivity contribution in [3.63, 3.8) is 0 Å². The highest BCUT2D eigenvalue weighted by molar-refractivity contribution is 5.68. The number of ether oxygens (including phenoxy) is 1. The smallest absolute Gasteiger partial charge is 0.410 e. The Morgan fingerprint density at radius 2 is 1.69 bits per heavy atom. The lowest BCUT2D eigenvalue weighted by Gasteiger charge is -2.37. The first-order valence-corrected chi connectivity index (χ1v) is 6.35. The summed E-state index contributed by atoms with van der Waals surface area (Å²) >= 11 is 0. The molecule has 92 valence electrons. The van der Waals surface area contributed by atoms with Crippen LogP contribution in [0.5, 0.6) is 0 Å². The summed E-state index contributed by atoms with van der Waals surface area (Å²) in [5.74, 6) is 2.19. The molecule has 2 rings (SSSR count). The molecule has 2 fully saturated rings. The molecular weight excluding hydrogens is 202 g/mol. The summed E-state index contributed by atoms with van der Waals surface area (Å²) in [5.41, 5.74) is -0.376. The standard InChI is InChI=1S/C13H23NO2/c1-9-10-5-6-11(9)8-14(7-10)12(15)16-13(2,3)4/h9-11H,5-8H2,1-4H3/t9-,10-,11?/m0/s1. The largest absolute Gasteiger partial charge is 0.444 e. The van der Waals surface area contributed by atoms with Gasteiger partial charge < -0.3 is 9.64 Å². The average Bonchev–Trinajstić information content (AvgIpc) is 2.38. The van der Waals surface area contributed by atoms with Crippen LogP contribution < -0.4 is 0 Å². The summed E-state index contributed by atoms with van der Waals surface area (Å²) in [6, 6.07) is 0. The van der Waals surface area contributed by atoms with Crippen LogP contribution >= 0.6 is 0 Å². The van der Waals surface area contributed by atoms with E-state index in [-0.39, 0.29) is 11.7 Å². The van der Waals surface area contributed by atoms with E-state index in [2.05, 4.69) is 6.92 Å². The predicted octanol–water partition coefficient (Wildman–Crippen LogP) is 2.90. The van der Waals surface area contributed by atoms with Gasteiger partial charge in [0.05, 0.1) is 0 Å². The maximum Gasteiger partial charge on any atom is 0.410 e. The minimum Gasteiger partial charge on any atom is -0.444 e. The van der Waals surface area contributed by atoms with E-state index in [4.69, 9.17) is 4.74 Å². The van der Waals surface area contributed by atoms with Gasteiger partial charge >= 0.3 is 6.09 Å². The quantitative estimate of drug-likeness (QED) is 0.634. The monoisotopic (exact) mass is 225 g/mol. The van der Waals surface area contributed by atoms with Crippen LogP contribution in [-0.4, -0.2) is 29.7 Å². The molecule has 0 spiro atoms. The van der Waals surface area contributed by atoms with E-state index >= 15 is 0 Å². The first-order valence-electron chi connectivity index (χ1n) is 6.35. The highest BCUT2D eigenvalue weighted by Crippen LogP contribution is 2.41. The lowest BCUT2D eigenvalue weighted by atomic mass is 9.87. The van der Waals surface area contributed by atoms with Crippen molar-refractivity contribution in [3.05, 3.63) is 0 Å². The van der Waals surface area contributed by atoms with Crippen LogP contribution in [0.15, 0.2) is 0 Å². The van der Waals surface area contributed by atoms with Crippen molar-refractivity contribution in [1.29, 1.82) is 0 Å². The van der Waals surface area contributed by atoms with Gasteiger partial charge in [-0.05, 0) is 51.4 Å². The molecule has 1 aliphatic carbocycles. The first kappa shape index (κ1) is 11.7. The minimum atomic E-state index is -0.376. The number of rotatable bonds is 0. The molecule has 3 atom stereocenters. The Balaban J connectivity index is 1.95. The average molecular weight is 225 g/mol. The molecule has 1 aliphatic heterocycles. The van der Waals surface area contributed by atoms with Crippen molar-refractivity contribution in [3.8, 4) is 0 Å². The Morgan fingerprint density at radius 3 is 2.12 bits per heavy atom. The maximum atomic E-state index is 11.9. The zero-order chi connectivity index (χ0) is 11.9. The third-order valence-electron chi connectivity index (χ3n) is 3.96. The molecule has 1 saturated carbocycles. The van der Waals surface area contributed by atoms with Crippen molar-refractivity contribution >= 4 is 6.09 Å². The van der Waals surface area contributed by atoms with E-state index in [0.29, 0.717) is 11.8 Å². The Kier molecular flexibility index (Phi) is 2.89. The molecule has 1 heterocycles. The number of hydrogen-bond acceptors (Lipinski definition) is 2. The summed E-state index contributed by atoms with van der Waals surface area (Å²) in [6.07, 6.45) is 2.44. The molecule has 3 nitrogen and oxygen atoms in total. The van der Waals surface area contributed by atoms with Gasteiger partial charge in [0.2, 0.25) is 0 Å². The summed E-state index contributed by atoms with van der Waals surface area (Å²) in [7, 11) is 0. The van der Waals surface area contributed by atoms with E-state index in [1.807, 2.05) is 25.7 Å². The third kappa shape index (κ3) is 2.33. The van der Waals surface area contributed by atoms with Crippen LogP contribution in [0.1, 0.15) is 40.5 Å². The molecule has 0 radical (unpaired) electrons. The molecule has 2 bridgehead atoms. The van der Waals surface area contributed by atoms with Gasteiger partial charge in [0, 0.05) is 13.1 Å². The number of carbonyl (C=O) groups is 1. The van der Waals surface area contributed by atoms with Gasteiger partial charge in [-0.25, -0.2) is 4.79 Å². The van der Waals surface area contributed by atoms with Crippen molar-refractivity contribution < 1.29 is 9.53 Å². The van der Waals surface area contributed by atoms with E-state index in [1.165, 1.54) is 12.8 Å². The minimum absolute atomic E-state index is 0.128. The summed E-state index contributed by atoms with van der Waals surface area (Å²) in [6.45, 7) is 9.89. The number of nitrogens with zero attached hydrogens (tertiary/aromatic N) is 1. The number of likely N-dealkylation sites (tertiary alicyclic amines) is 1. The number of hydrogen-bond donors (Lipinski definition) is 0. The fourth-order valence-corrected chi connectivity index (χ4v) is 2.97. The van der Waals surface area contributed by atoms with Crippen LogP contribution in [0.25, 0.3) is 0 Å². The second kappa shape index (κ2) is 3.94. The van der Waals surface area contributed by atoms with Crippen LogP contribution in [0.3, 0.4) is 0 Å². The number of fused-ring (bicyclic) bond motifs is 2. The second-order valence-corrected chi connectivity index (χ2v) is 6.34. The zero-order valence-electron chi connectivity index (χ0n) is 10.8. The number of piperidine rings is 1. The van der Waals surface area contributed by atoms with Gasteiger partial charge in [-0.3, -0.25) is 0 Å². The molecule has 0 aromatic carbocycles. The summed E-state index contributed by atoms with van der Waals surface area (Å²) in [4.78, 5) is 13.9. The van der Waals surface area contributed by atoms with Crippen molar-refractivity contribution in [2.75, 3.05) is 13.1 Å². The van der Waals surface area contributed by atoms with E-state index in [0.717, 1.165) is 19.0 Å². The summed E-state index contributed by atoms with van der Waals surface area (Å²) in [5, 5.41) is 0. The number of carbonyl (C=O) groups excluding carboxylic acids is 1. The summed E-state index contributed by atoms with van der Waals surface area (Å²) < 4.78 is 5.42. The van der Waals surface area contributed by atoms with Gasteiger partial charge in [-0.2, -0.15) is 0 Å². The molecule has 0 aromatic rings. The number of amides is 1. The zero-order valence-corrected chi connectivity index (χ0v) is 10.8. The van der Waals surface area contributed by atoms with Crippen molar-refractivity contribution in [1.82, 2.24) is 4.90 Å². The van der Waals surface area contributed by atoms with Crippen molar-refractivity contribution in [2.24, 2.45) is 17.8 Å². The Labute approximate surface area is 98.1 Å². The van der Waals surface area contributed by atoms with Gasteiger partial charge in [-0.15, -0.1) is 0 Å². The first-order chi connectivity index (χ1) is 7.37. The van der Waals surface area contributed by atoms with Gasteiger partial charge in [0.25, 0.3) is 0 Å². The predicted molar refractivity (Wildman–Crippen MR) is 63.2 cm³/mol. The topological polar surface area (TPSA) is 29.5 Å². The van der Waals surface area contributed by atoms with Crippen LogP contribution in [0, 0.1) is 17.8 Å². The SMILES string of the molecule is C[C@@H]1C2CC[C@H]1CN(C(=O)OC(C)(C)C)C2. The van der Waals surface area contributed by atoms with Crippen LogP contribution in [-0.2, 0) is 4.74 Å². The van der Waals surface area contributed by atoms with Gasteiger partial charge in [0.1, 0.15) is 5.60 Å². The van der Waals surface area contributed by atoms with Crippen LogP contribution in [0.4, 0.5) is 4.79 Å². The van der Waals surface area contributed by atoms with E-state index in [1.54, 1.807) is 0 Å². The lowest BCUT2D eigenvalue weighted by Crippen LogP contribution is -2.46. The Hall–Kier alpha value is -0.730.